The van der Waals surface area contributed by atoms with Crippen molar-refractivity contribution >= 4 is 23.5 Å². The molecule has 0 aliphatic rings. The predicted octanol–water partition coefficient (Wildman–Crippen LogP) is -1.03. The summed E-state index contributed by atoms with van der Waals surface area (Å²) in [6.07, 6.45) is 1.36. The van der Waals surface area contributed by atoms with Gasteiger partial charge in [0.05, 0.1) is 0 Å². The number of fused-ring (bicyclic) bond motifs is 1. The van der Waals surface area contributed by atoms with Crippen LogP contribution in [0, 0.1) is 0 Å². The number of rotatable bonds is 2. The van der Waals surface area contributed by atoms with Crippen LogP contribution in [0.4, 0.5) is 5.95 Å². The van der Waals surface area contributed by atoms with E-state index >= 15 is 0 Å². The normalized spacial score (nSPS) is 10.4. The second-order valence-electron chi connectivity index (χ2n) is 3.09. The lowest BCUT2D eigenvalue weighted by Gasteiger charge is -1.98. The van der Waals surface area contributed by atoms with Crippen LogP contribution in [0.1, 0.15) is 13.8 Å². The number of nitrogens with zero attached hydrogens (tertiary/aromatic N) is 5. The Kier molecular flexibility index (Phi) is 2.27. The number of aromatic nitrogens is 5. The van der Waals surface area contributed by atoms with Gasteiger partial charge in [0.2, 0.25) is 11.8 Å². The van der Waals surface area contributed by atoms with Crippen molar-refractivity contribution in [2.75, 3.05) is 10.7 Å². The Morgan fingerprint density at radius 2 is 2.00 bits per heavy atom. The van der Waals surface area contributed by atoms with E-state index in [0.717, 1.165) is 0 Å². The molecule has 2 N–H and O–H groups in total. The molecule has 0 spiro atoms. The van der Waals surface area contributed by atoms with Crippen molar-refractivity contribution in [1.29, 1.82) is 0 Å². The molecule has 2 amide bonds. The molecule has 9 nitrogen and oxygen atoms in total. The van der Waals surface area contributed by atoms with Crippen molar-refractivity contribution in [3.63, 3.8) is 0 Å². The highest BCUT2D eigenvalue weighted by atomic mass is 16.2. The van der Waals surface area contributed by atoms with E-state index in [4.69, 9.17) is 0 Å². The van der Waals surface area contributed by atoms with Gasteiger partial charge in [-0.15, -0.1) is 10.2 Å². The van der Waals surface area contributed by atoms with Crippen molar-refractivity contribution in [3.05, 3.63) is 6.33 Å². The monoisotopic (exact) mass is 223 g/mol. The van der Waals surface area contributed by atoms with E-state index in [0.29, 0.717) is 5.78 Å². The summed E-state index contributed by atoms with van der Waals surface area (Å²) in [6.45, 7) is 2.72. The van der Waals surface area contributed by atoms with Gasteiger partial charge in [-0.2, -0.15) is 9.61 Å². The molecule has 16 heavy (non-hydrogen) atoms. The third-order valence-electron chi connectivity index (χ3n) is 1.69. The molecule has 0 bridgehead atoms. The first kappa shape index (κ1) is 10.1. The zero-order chi connectivity index (χ0) is 11.7. The van der Waals surface area contributed by atoms with E-state index in [9.17, 15) is 9.59 Å². The molecular formula is C7H9N7O2. The Balaban J connectivity index is 2.39. The van der Waals surface area contributed by atoms with Crippen LogP contribution in [-0.4, -0.2) is 36.3 Å². The Hall–Kier alpha value is -2.45. The summed E-state index contributed by atoms with van der Waals surface area (Å²) in [7, 11) is 0. The summed E-state index contributed by atoms with van der Waals surface area (Å²) in [5.74, 6) is -0.0297. The molecule has 0 aliphatic heterocycles. The van der Waals surface area contributed by atoms with Crippen LogP contribution >= 0.6 is 0 Å². The lowest BCUT2D eigenvalue weighted by Crippen LogP contribution is -2.19. The number of anilines is 1. The van der Waals surface area contributed by atoms with Crippen LogP contribution in [0.3, 0.4) is 0 Å². The van der Waals surface area contributed by atoms with Crippen molar-refractivity contribution in [1.82, 2.24) is 24.5 Å². The smallest absolute Gasteiger partial charge is 0.274 e. The van der Waals surface area contributed by atoms with E-state index in [2.05, 4.69) is 26.0 Å². The molecule has 2 aromatic heterocycles. The van der Waals surface area contributed by atoms with E-state index in [1.165, 1.54) is 29.4 Å². The molecular weight excluding hydrogens is 214 g/mol. The minimum atomic E-state index is -0.275. The minimum Gasteiger partial charge on any atom is -0.293 e. The number of carbonyl (C=O) groups excluding carboxylic acids is 2. The zero-order valence-electron chi connectivity index (χ0n) is 8.63. The topological polar surface area (TPSA) is 106 Å². The van der Waals surface area contributed by atoms with Gasteiger partial charge in [0.1, 0.15) is 6.33 Å². The molecule has 2 rings (SSSR count). The van der Waals surface area contributed by atoms with Crippen LogP contribution in [0.15, 0.2) is 6.33 Å². The first-order valence-corrected chi connectivity index (χ1v) is 4.42. The van der Waals surface area contributed by atoms with E-state index in [1.54, 1.807) is 0 Å². The third kappa shape index (κ3) is 1.69. The minimum absolute atomic E-state index is 0.201. The van der Waals surface area contributed by atoms with Gasteiger partial charge in [0.15, 0.2) is 0 Å². The maximum Gasteiger partial charge on any atom is 0.274 e. The van der Waals surface area contributed by atoms with Crippen LogP contribution in [0.5, 0.6) is 0 Å². The van der Waals surface area contributed by atoms with Gasteiger partial charge >= 0.3 is 0 Å². The summed E-state index contributed by atoms with van der Waals surface area (Å²) in [4.78, 5) is 21.7. The van der Waals surface area contributed by atoms with Gasteiger partial charge in [-0.3, -0.25) is 20.3 Å². The molecule has 0 atom stereocenters. The molecule has 9 heteroatoms. The molecule has 0 saturated heterocycles. The molecule has 0 aromatic carbocycles. The Morgan fingerprint density at radius 1 is 1.25 bits per heavy atom. The van der Waals surface area contributed by atoms with Crippen LogP contribution in [-0.2, 0) is 9.59 Å². The summed E-state index contributed by atoms with van der Waals surface area (Å²) in [6, 6.07) is 0. The first-order chi connectivity index (χ1) is 7.58. The quantitative estimate of drug-likeness (QED) is 0.677. The van der Waals surface area contributed by atoms with Gasteiger partial charge in [-0.1, -0.05) is 0 Å². The van der Waals surface area contributed by atoms with Gasteiger partial charge in [0, 0.05) is 13.8 Å². The third-order valence-corrected chi connectivity index (χ3v) is 1.69. The van der Waals surface area contributed by atoms with Crippen molar-refractivity contribution < 1.29 is 9.59 Å². The number of nitrogens with one attached hydrogen (secondary N) is 2. The summed E-state index contributed by atoms with van der Waals surface area (Å²) in [5, 5.41) is 13.8. The highest BCUT2D eigenvalue weighted by Crippen LogP contribution is 2.05. The number of hydrogen-bond donors (Lipinski definition) is 2. The molecule has 0 saturated carbocycles. The number of hydrogen-bond acceptors (Lipinski definition) is 5. The van der Waals surface area contributed by atoms with Gasteiger partial charge in [0.25, 0.3) is 11.7 Å². The molecule has 0 fully saturated rings. The highest BCUT2D eigenvalue weighted by Gasteiger charge is 2.12. The fourth-order valence-electron chi connectivity index (χ4n) is 1.17. The van der Waals surface area contributed by atoms with Gasteiger partial charge in [-0.05, 0) is 0 Å². The standard InChI is InChI=1S/C7H9N7O2/c1-4(15)9-6-10-11-7-13(12-5(2)16)3-8-14(6)7/h3H,1-2H3,(H,12,16)(H,9,10,15). The van der Waals surface area contributed by atoms with Crippen LogP contribution < -0.4 is 10.7 Å². The number of amides is 2. The molecule has 2 aromatic rings. The van der Waals surface area contributed by atoms with Crippen LogP contribution in [0.25, 0.3) is 5.78 Å². The lowest BCUT2D eigenvalue weighted by molar-refractivity contribution is -0.115. The Morgan fingerprint density at radius 3 is 2.62 bits per heavy atom. The summed E-state index contributed by atoms with van der Waals surface area (Å²) < 4.78 is 2.61. The Labute approximate surface area is 89.4 Å². The largest absolute Gasteiger partial charge is 0.293 e. The molecule has 0 aliphatic carbocycles. The fourth-order valence-corrected chi connectivity index (χ4v) is 1.17. The first-order valence-electron chi connectivity index (χ1n) is 4.42. The maximum absolute atomic E-state index is 10.9. The zero-order valence-corrected chi connectivity index (χ0v) is 8.63. The molecule has 0 radical (unpaired) electrons. The predicted molar refractivity (Wildman–Crippen MR) is 53.1 cm³/mol. The molecule has 0 unspecified atom stereocenters. The SMILES string of the molecule is CC(=O)Nc1nnc2n(NC(C)=O)cnn12. The molecule has 84 valence electrons. The van der Waals surface area contributed by atoms with Crippen molar-refractivity contribution in [2.45, 2.75) is 13.8 Å². The van der Waals surface area contributed by atoms with Crippen molar-refractivity contribution in [2.24, 2.45) is 0 Å². The second-order valence-corrected chi connectivity index (χ2v) is 3.09. The van der Waals surface area contributed by atoms with Crippen molar-refractivity contribution in [3.8, 4) is 0 Å². The lowest BCUT2D eigenvalue weighted by atomic mass is 10.7. The van der Waals surface area contributed by atoms with Gasteiger partial charge < -0.3 is 0 Å². The maximum atomic E-state index is 10.9. The summed E-state index contributed by atoms with van der Waals surface area (Å²) in [5.41, 5.74) is 2.47. The number of carbonyl (C=O) groups is 2. The highest BCUT2D eigenvalue weighted by molar-refractivity contribution is 5.87. The van der Waals surface area contributed by atoms with Crippen LogP contribution in [0.2, 0.25) is 0 Å². The van der Waals surface area contributed by atoms with Gasteiger partial charge in [-0.25, -0.2) is 4.68 Å². The van der Waals surface area contributed by atoms with E-state index in [-0.39, 0.29) is 17.8 Å². The second kappa shape index (κ2) is 3.61. The van der Waals surface area contributed by atoms with E-state index in [1.807, 2.05) is 0 Å². The Bertz CT molecular complexity index is 504. The fraction of sp³-hybridized carbons (Fsp3) is 0.286. The molecule has 2 heterocycles. The average Bonchev–Trinajstić information content (AvgIpc) is 2.70. The summed E-state index contributed by atoms with van der Waals surface area (Å²) >= 11 is 0. The average molecular weight is 223 g/mol. The van der Waals surface area contributed by atoms with E-state index < -0.39 is 0 Å².